The lowest BCUT2D eigenvalue weighted by Gasteiger charge is -2.20. The van der Waals surface area contributed by atoms with Gasteiger partial charge in [-0.05, 0) is 12.1 Å². The summed E-state index contributed by atoms with van der Waals surface area (Å²) in [7, 11) is 0. The van der Waals surface area contributed by atoms with Crippen molar-refractivity contribution in [2.24, 2.45) is 0 Å². The summed E-state index contributed by atoms with van der Waals surface area (Å²) in [5, 5.41) is 29.4. The quantitative estimate of drug-likeness (QED) is 0.588. The lowest BCUT2D eigenvalue weighted by atomic mass is 9.95. The average Bonchev–Trinajstić information content (AvgIpc) is 2.28. The second-order valence-corrected chi connectivity index (χ2v) is 4.00. The van der Waals surface area contributed by atoms with Crippen molar-refractivity contribution in [3.63, 3.8) is 0 Å². The molecule has 0 aliphatic rings. The number of rotatable bonds is 6. The van der Waals surface area contributed by atoms with Crippen LogP contribution in [-0.4, -0.2) is 38.8 Å². The Balaban J connectivity index is 2.72. The van der Waals surface area contributed by atoms with Crippen LogP contribution in [-0.2, 0) is 14.4 Å². The van der Waals surface area contributed by atoms with Crippen molar-refractivity contribution in [3.8, 4) is 0 Å². The van der Waals surface area contributed by atoms with Crippen LogP contribution in [0.15, 0.2) is 30.3 Å². The Kier molecular flexibility index (Phi) is 4.60. The minimum atomic E-state index is -2.62. The van der Waals surface area contributed by atoms with Gasteiger partial charge in [-0.2, -0.15) is 0 Å². The van der Waals surface area contributed by atoms with Gasteiger partial charge in [0.2, 0.25) is 5.91 Å². The number of carbonyl (C=O) groups excluding carboxylic acids is 1. The van der Waals surface area contributed by atoms with Crippen molar-refractivity contribution in [1.82, 2.24) is 0 Å². The topological polar surface area (TPSA) is 124 Å². The van der Waals surface area contributed by atoms with Crippen LogP contribution in [0.3, 0.4) is 0 Å². The summed E-state index contributed by atoms with van der Waals surface area (Å²) in [6.07, 6.45) is -1.89. The highest BCUT2D eigenvalue weighted by molar-refractivity contribution is 5.96. The van der Waals surface area contributed by atoms with Crippen molar-refractivity contribution in [1.29, 1.82) is 0 Å². The summed E-state index contributed by atoms with van der Waals surface area (Å²) in [5.41, 5.74) is -2.19. The summed E-state index contributed by atoms with van der Waals surface area (Å²) in [6, 6.07) is 8.21. The molecule has 7 heteroatoms. The number of para-hydroxylation sites is 1. The summed E-state index contributed by atoms with van der Waals surface area (Å²) in [6.45, 7) is 0. The van der Waals surface area contributed by atoms with E-state index in [0.717, 1.165) is 0 Å². The number of aliphatic carboxylic acids is 2. The lowest BCUT2D eigenvalue weighted by Crippen LogP contribution is -2.43. The predicted octanol–water partition coefficient (Wildman–Crippen LogP) is 0.306. The Morgan fingerprint density at radius 1 is 1.05 bits per heavy atom. The smallest absolute Gasteiger partial charge is 0.336 e. The fourth-order valence-electron chi connectivity index (χ4n) is 1.46. The molecule has 0 saturated heterocycles. The molecule has 0 fully saturated rings. The third-order valence-electron chi connectivity index (χ3n) is 2.35. The van der Waals surface area contributed by atoms with E-state index < -0.39 is 36.3 Å². The van der Waals surface area contributed by atoms with Crippen LogP contribution in [0, 0.1) is 0 Å². The highest BCUT2D eigenvalue weighted by Gasteiger charge is 2.40. The summed E-state index contributed by atoms with van der Waals surface area (Å²) in [5.74, 6) is -4.03. The second kappa shape index (κ2) is 5.96. The predicted molar refractivity (Wildman–Crippen MR) is 64.5 cm³/mol. The molecule has 0 saturated carbocycles. The van der Waals surface area contributed by atoms with Crippen molar-refractivity contribution < 1.29 is 29.7 Å². The molecular formula is C12H13NO6. The minimum absolute atomic E-state index is 0.426. The monoisotopic (exact) mass is 267 g/mol. The standard InChI is InChI=1S/C12H13NO6/c14-9(13-8-4-2-1-3-5-8)6-12(19,11(17)18)7-10(15)16/h1-5,19H,6-7H2,(H,13,14)(H,15,16)(H,17,18). The van der Waals surface area contributed by atoms with Crippen LogP contribution in [0.25, 0.3) is 0 Å². The number of benzene rings is 1. The van der Waals surface area contributed by atoms with E-state index in [1.54, 1.807) is 30.3 Å². The maximum Gasteiger partial charge on any atom is 0.336 e. The van der Waals surface area contributed by atoms with Crippen LogP contribution < -0.4 is 5.32 Å². The Morgan fingerprint density at radius 3 is 2.11 bits per heavy atom. The van der Waals surface area contributed by atoms with Gasteiger partial charge >= 0.3 is 11.9 Å². The maximum absolute atomic E-state index is 11.6. The van der Waals surface area contributed by atoms with Gasteiger partial charge in [-0.1, -0.05) is 18.2 Å². The number of nitrogens with one attached hydrogen (secondary N) is 1. The van der Waals surface area contributed by atoms with E-state index in [2.05, 4.69) is 5.32 Å². The van der Waals surface area contributed by atoms with Gasteiger partial charge < -0.3 is 20.6 Å². The van der Waals surface area contributed by atoms with Crippen LogP contribution >= 0.6 is 0 Å². The maximum atomic E-state index is 11.6. The molecule has 0 aliphatic heterocycles. The van der Waals surface area contributed by atoms with Gasteiger partial charge in [0.25, 0.3) is 0 Å². The molecule has 4 N–H and O–H groups in total. The molecular weight excluding hydrogens is 254 g/mol. The zero-order valence-corrected chi connectivity index (χ0v) is 9.87. The number of carboxylic acids is 2. The average molecular weight is 267 g/mol. The first-order chi connectivity index (χ1) is 8.83. The van der Waals surface area contributed by atoms with E-state index in [1.807, 2.05) is 0 Å². The molecule has 0 heterocycles. The van der Waals surface area contributed by atoms with Crippen LogP contribution in [0.4, 0.5) is 5.69 Å². The van der Waals surface area contributed by atoms with Gasteiger partial charge in [-0.3, -0.25) is 9.59 Å². The summed E-state index contributed by atoms with van der Waals surface area (Å²) < 4.78 is 0. The summed E-state index contributed by atoms with van der Waals surface area (Å²) >= 11 is 0. The molecule has 1 aromatic carbocycles. The van der Waals surface area contributed by atoms with Gasteiger partial charge in [0, 0.05) is 5.69 Å². The van der Waals surface area contributed by atoms with Gasteiger partial charge in [0.1, 0.15) is 0 Å². The largest absolute Gasteiger partial charge is 0.481 e. The first kappa shape index (κ1) is 14.7. The molecule has 1 aromatic rings. The first-order valence-electron chi connectivity index (χ1n) is 5.36. The highest BCUT2D eigenvalue weighted by atomic mass is 16.4. The Labute approximate surface area is 108 Å². The molecule has 1 amide bonds. The van der Waals surface area contributed by atoms with Crippen LogP contribution in [0.5, 0.6) is 0 Å². The van der Waals surface area contributed by atoms with E-state index in [4.69, 9.17) is 10.2 Å². The molecule has 0 aromatic heterocycles. The summed E-state index contributed by atoms with van der Waals surface area (Å²) in [4.78, 5) is 32.9. The first-order valence-corrected chi connectivity index (χ1v) is 5.36. The SMILES string of the molecule is O=C(O)CC(O)(CC(=O)Nc1ccccc1)C(=O)O. The number of anilines is 1. The molecule has 0 spiro atoms. The molecule has 1 rings (SSSR count). The molecule has 0 radical (unpaired) electrons. The Morgan fingerprint density at radius 2 is 1.63 bits per heavy atom. The second-order valence-electron chi connectivity index (χ2n) is 4.00. The molecule has 1 unspecified atom stereocenters. The third kappa shape index (κ3) is 4.40. The molecule has 7 nitrogen and oxygen atoms in total. The Hall–Kier alpha value is -2.41. The fraction of sp³-hybridized carbons (Fsp3) is 0.250. The number of aliphatic hydroxyl groups is 1. The van der Waals surface area contributed by atoms with E-state index in [9.17, 15) is 19.5 Å². The van der Waals surface area contributed by atoms with Crippen molar-refractivity contribution in [2.45, 2.75) is 18.4 Å². The van der Waals surface area contributed by atoms with Crippen LogP contribution in [0.1, 0.15) is 12.8 Å². The van der Waals surface area contributed by atoms with E-state index in [-0.39, 0.29) is 0 Å². The van der Waals surface area contributed by atoms with E-state index in [1.165, 1.54) is 0 Å². The van der Waals surface area contributed by atoms with E-state index >= 15 is 0 Å². The van der Waals surface area contributed by atoms with Gasteiger partial charge in [0.15, 0.2) is 5.60 Å². The van der Waals surface area contributed by atoms with Gasteiger partial charge in [-0.15, -0.1) is 0 Å². The number of amides is 1. The van der Waals surface area contributed by atoms with E-state index in [0.29, 0.717) is 5.69 Å². The highest BCUT2D eigenvalue weighted by Crippen LogP contribution is 2.17. The fourth-order valence-corrected chi connectivity index (χ4v) is 1.46. The van der Waals surface area contributed by atoms with Gasteiger partial charge in [-0.25, -0.2) is 4.79 Å². The number of hydrogen-bond donors (Lipinski definition) is 4. The number of carbonyl (C=O) groups is 3. The Bertz CT molecular complexity index is 486. The normalized spacial score (nSPS) is 13.3. The molecule has 0 aliphatic carbocycles. The zero-order valence-electron chi connectivity index (χ0n) is 9.87. The minimum Gasteiger partial charge on any atom is -0.481 e. The van der Waals surface area contributed by atoms with Gasteiger partial charge in [0.05, 0.1) is 12.8 Å². The molecule has 0 bridgehead atoms. The number of carboxylic acid groups (broad SMARTS) is 2. The number of hydrogen-bond acceptors (Lipinski definition) is 4. The lowest BCUT2D eigenvalue weighted by molar-refractivity contribution is -0.167. The zero-order chi connectivity index (χ0) is 14.5. The molecule has 102 valence electrons. The van der Waals surface area contributed by atoms with Crippen molar-refractivity contribution >= 4 is 23.5 Å². The van der Waals surface area contributed by atoms with Crippen molar-refractivity contribution in [2.75, 3.05) is 5.32 Å². The third-order valence-corrected chi connectivity index (χ3v) is 2.35. The van der Waals surface area contributed by atoms with Crippen LogP contribution in [0.2, 0.25) is 0 Å². The molecule has 19 heavy (non-hydrogen) atoms. The molecule has 1 atom stereocenters. The van der Waals surface area contributed by atoms with Crippen molar-refractivity contribution in [3.05, 3.63) is 30.3 Å².